The quantitative estimate of drug-likeness (QED) is 0.395. The predicted molar refractivity (Wildman–Crippen MR) is 142 cm³/mol. The van der Waals surface area contributed by atoms with Crippen LogP contribution in [0.3, 0.4) is 0 Å². The van der Waals surface area contributed by atoms with Crippen LogP contribution in [0.1, 0.15) is 73.4 Å². The van der Waals surface area contributed by atoms with Gasteiger partial charge < -0.3 is 19.9 Å². The third-order valence-corrected chi connectivity index (χ3v) is 7.96. The van der Waals surface area contributed by atoms with Crippen LogP contribution in [-0.4, -0.2) is 41.5 Å². The lowest BCUT2D eigenvalue weighted by atomic mass is 9.88. The first-order valence-corrected chi connectivity index (χ1v) is 13.3. The molecule has 8 heteroatoms. The number of ether oxygens (including phenoxy) is 1. The summed E-state index contributed by atoms with van der Waals surface area (Å²) in [6.45, 7) is 6.00. The Balaban J connectivity index is 1.64. The molecule has 2 aromatic heterocycles. The largest absolute Gasteiger partial charge is 0.379 e. The first-order chi connectivity index (χ1) is 16.7. The van der Waals surface area contributed by atoms with Gasteiger partial charge in [0.25, 0.3) is 5.91 Å². The van der Waals surface area contributed by atoms with Crippen molar-refractivity contribution in [3.63, 3.8) is 0 Å². The van der Waals surface area contributed by atoms with Crippen LogP contribution in [0.5, 0.6) is 0 Å². The molecule has 2 amide bonds. The maximum atomic E-state index is 13.1. The first kappa shape index (κ1) is 25.4. The maximum absolute atomic E-state index is 13.1. The minimum absolute atomic E-state index is 0.108. The minimum Gasteiger partial charge on any atom is -0.379 e. The van der Waals surface area contributed by atoms with E-state index in [1.165, 1.54) is 17.8 Å². The zero-order valence-corrected chi connectivity index (χ0v) is 22.2. The highest BCUT2D eigenvalue weighted by molar-refractivity contribution is 7.09. The van der Waals surface area contributed by atoms with Crippen molar-refractivity contribution < 1.29 is 14.3 Å². The summed E-state index contributed by atoms with van der Waals surface area (Å²) in [7, 11) is 3.57. The molecular formula is C27H36N4O3S. The van der Waals surface area contributed by atoms with Crippen LogP contribution in [-0.2, 0) is 16.0 Å². The standard InChI is InChI=1S/C27H36N4O3S/c1-17-28-23(16-35-17)25(32)30-24-21(13-14-27(2,3)34-5)20-12-11-19(15-22(20)29-24)31(4)26(33)18-9-7-6-8-10-18/h11-12,15-16,18,29H,6-10,13-14H2,1-5H3,(H,30,32). The van der Waals surface area contributed by atoms with Crippen LogP contribution < -0.4 is 10.2 Å². The SMILES string of the molecule is COC(C)(C)CCc1c(NC(=O)c2csc(C)n2)[nH]c2cc(N(C)C(=O)C3CCCCC3)ccc12. The Kier molecular flexibility index (Phi) is 7.62. The Hall–Kier alpha value is -2.71. The molecule has 0 bridgehead atoms. The Labute approximate surface area is 211 Å². The molecule has 1 aromatic carbocycles. The normalized spacial score (nSPS) is 14.9. The number of hydrogen-bond acceptors (Lipinski definition) is 5. The highest BCUT2D eigenvalue weighted by atomic mass is 32.1. The average molecular weight is 497 g/mol. The number of amides is 2. The topological polar surface area (TPSA) is 87.3 Å². The van der Waals surface area contributed by atoms with Crippen LogP contribution in [0.25, 0.3) is 10.9 Å². The van der Waals surface area contributed by atoms with Crippen molar-refractivity contribution in [3.8, 4) is 0 Å². The minimum atomic E-state index is -0.288. The fraction of sp³-hybridized carbons (Fsp3) is 0.519. The average Bonchev–Trinajstić information content (AvgIpc) is 3.45. The summed E-state index contributed by atoms with van der Waals surface area (Å²) in [4.78, 5) is 35.5. The fourth-order valence-electron chi connectivity index (χ4n) is 4.74. The number of methoxy groups -OCH3 is 1. The summed E-state index contributed by atoms with van der Waals surface area (Å²) in [6, 6.07) is 6.05. The molecule has 0 atom stereocenters. The van der Waals surface area contributed by atoms with Crippen molar-refractivity contribution in [1.82, 2.24) is 9.97 Å². The molecule has 0 radical (unpaired) electrons. The van der Waals surface area contributed by atoms with Crippen molar-refractivity contribution in [2.45, 2.75) is 71.3 Å². The van der Waals surface area contributed by atoms with Crippen molar-refractivity contribution in [2.75, 3.05) is 24.4 Å². The second-order valence-corrected chi connectivity index (χ2v) is 11.2. The molecule has 0 unspecified atom stereocenters. The van der Waals surface area contributed by atoms with Crippen LogP contribution in [0.2, 0.25) is 0 Å². The van der Waals surface area contributed by atoms with E-state index in [-0.39, 0.29) is 23.3 Å². The summed E-state index contributed by atoms with van der Waals surface area (Å²) >= 11 is 1.45. The number of aromatic nitrogens is 2. The highest BCUT2D eigenvalue weighted by Gasteiger charge is 2.26. The lowest BCUT2D eigenvalue weighted by molar-refractivity contribution is -0.123. The second-order valence-electron chi connectivity index (χ2n) is 10.1. The van der Waals surface area contributed by atoms with Crippen molar-refractivity contribution in [1.29, 1.82) is 0 Å². The molecule has 35 heavy (non-hydrogen) atoms. The highest BCUT2D eigenvalue weighted by Crippen LogP contribution is 2.33. The van der Waals surface area contributed by atoms with E-state index in [1.54, 1.807) is 17.4 Å². The van der Waals surface area contributed by atoms with Gasteiger partial charge in [-0.3, -0.25) is 9.59 Å². The maximum Gasteiger partial charge on any atom is 0.276 e. The van der Waals surface area contributed by atoms with Crippen molar-refractivity contribution >= 4 is 45.6 Å². The number of anilines is 2. The van der Waals surface area contributed by atoms with Crippen LogP contribution in [0, 0.1) is 12.8 Å². The molecule has 0 aliphatic heterocycles. The molecule has 1 fully saturated rings. The molecule has 188 valence electrons. The van der Waals surface area contributed by atoms with Gasteiger partial charge in [0.2, 0.25) is 5.91 Å². The van der Waals surface area contributed by atoms with Crippen LogP contribution >= 0.6 is 11.3 Å². The zero-order chi connectivity index (χ0) is 25.2. The number of fused-ring (bicyclic) bond motifs is 1. The van der Waals surface area contributed by atoms with Gasteiger partial charge in [-0.25, -0.2) is 4.98 Å². The molecular weight excluding hydrogens is 460 g/mol. The summed E-state index contributed by atoms with van der Waals surface area (Å²) < 4.78 is 5.63. The molecule has 1 aliphatic rings. The third-order valence-electron chi connectivity index (χ3n) is 7.18. The number of aryl methyl sites for hydroxylation is 2. The van der Waals surface area contributed by atoms with Gasteiger partial charge in [0.1, 0.15) is 11.5 Å². The molecule has 3 aromatic rings. The smallest absolute Gasteiger partial charge is 0.276 e. The number of H-pyrrole nitrogens is 1. The van der Waals surface area contributed by atoms with Crippen LogP contribution in [0.4, 0.5) is 11.5 Å². The summed E-state index contributed by atoms with van der Waals surface area (Å²) in [5.41, 5.74) is 2.89. The summed E-state index contributed by atoms with van der Waals surface area (Å²) in [6.07, 6.45) is 6.93. The van der Waals surface area contributed by atoms with Crippen molar-refractivity contribution in [3.05, 3.63) is 39.8 Å². The fourth-order valence-corrected chi connectivity index (χ4v) is 5.34. The van der Waals surface area contributed by atoms with Gasteiger partial charge in [0.05, 0.1) is 10.6 Å². The molecule has 0 spiro atoms. The summed E-state index contributed by atoms with van der Waals surface area (Å²) in [5, 5.41) is 6.69. The van der Waals surface area contributed by atoms with E-state index in [2.05, 4.69) is 29.1 Å². The predicted octanol–water partition coefficient (Wildman–Crippen LogP) is 6.09. The van der Waals surface area contributed by atoms with E-state index in [0.717, 1.165) is 65.7 Å². The van der Waals surface area contributed by atoms with E-state index in [1.807, 2.05) is 32.2 Å². The number of carbonyl (C=O) groups excluding carboxylic acids is 2. The summed E-state index contributed by atoms with van der Waals surface area (Å²) in [5.74, 6) is 0.723. The number of hydrogen-bond donors (Lipinski definition) is 2. The molecule has 7 nitrogen and oxygen atoms in total. The Bertz CT molecular complexity index is 1210. The van der Waals surface area contributed by atoms with Gasteiger partial charge in [-0.05, 0) is 58.6 Å². The lowest BCUT2D eigenvalue weighted by Crippen LogP contribution is -2.33. The van der Waals surface area contributed by atoms with Gasteiger partial charge >= 0.3 is 0 Å². The zero-order valence-electron chi connectivity index (χ0n) is 21.4. The van der Waals surface area contributed by atoms with E-state index in [9.17, 15) is 9.59 Å². The number of thiazole rings is 1. The van der Waals surface area contributed by atoms with E-state index in [0.29, 0.717) is 11.5 Å². The van der Waals surface area contributed by atoms with E-state index in [4.69, 9.17) is 4.74 Å². The van der Waals surface area contributed by atoms with E-state index < -0.39 is 0 Å². The van der Waals surface area contributed by atoms with E-state index >= 15 is 0 Å². The van der Waals surface area contributed by atoms with Crippen LogP contribution in [0.15, 0.2) is 23.6 Å². The molecule has 1 aliphatic carbocycles. The van der Waals surface area contributed by atoms with Crippen molar-refractivity contribution in [2.24, 2.45) is 5.92 Å². The number of aromatic amines is 1. The molecule has 0 saturated heterocycles. The first-order valence-electron chi connectivity index (χ1n) is 12.4. The van der Waals surface area contributed by atoms with Gasteiger partial charge in [-0.1, -0.05) is 25.3 Å². The molecule has 1 saturated carbocycles. The number of rotatable bonds is 8. The monoisotopic (exact) mass is 496 g/mol. The van der Waals surface area contributed by atoms with Gasteiger partial charge in [-0.15, -0.1) is 11.3 Å². The number of nitrogens with zero attached hydrogens (tertiary/aromatic N) is 2. The molecule has 2 N–H and O–H groups in total. The molecule has 4 rings (SSSR count). The Morgan fingerprint density at radius 3 is 2.66 bits per heavy atom. The lowest BCUT2D eigenvalue weighted by Gasteiger charge is -2.26. The number of carbonyl (C=O) groups is 2. The third kappa shape index (κ3) is 5.76. The Morgan fingerprint density at radius 1 is 1.26 bits per heavy atom. The number of benzene rings is 1. The van der Waals surface area contributed by atoms with Gasteiger partial charge in [-0.2, -0.15) is 0 Å². The Morgan fingerprint density at radius 2 is 2.00 bits per heavy atom. The second kappa shape index (κ2) is 10.5. The van der Waals surface area contributed by atoms with Gasteiger partial charge in [0.15, 0.2) is 0 Å². The van der Waals surface area contributed by atoms with Gasteiger partial charge in [0, 0.05) is 47.6 Å². The molecule has 2 heterocycles. The number of nitrogens with one attached hydrogen (secondary N) is 2.